The lowest BCUT2D eigenvalue weighted by atomic mass is 9.68. The second-order valence-electron chi connectivity index (χ2n) is 5.83. The average Bonchev–Trinajstić information content (AvgIpc) is 2.54. The molecule has 0 aromatic carbocycles. The maximum atomic E-state index is 11.6. The van der Waals surface area contributed by atoms with E-state index in [4.69, 9.17) is 5.11 Å². The van der Waals surface area contributed by atoms with Gasteiger partial charge in [0.25, 0.3) is 0 Å². The zero-order valence-electron chi connectivity index (χ0n) is 11.1. The van der Waals surface area contributed by atoms with E-state index in [9.17, 15) is 19.5 Å². The number of carbonyl (C=O) groups excluding carboxylic acids is 1. The Bertz CT molecular complexity index is 398. The molecule has 1 fully saturated rings. The number of nitrogens with zero attached hydrogens (tertiary/aromatic N) is 1. The molecule has 1 heterocycles. The number of hydrogen-bond donors (Lipinski definition) is 2. The van der Waals surface area contributed by atoms with Crippen molar-refractivity contribution in [3.05, 3.63) is 0 Å². The van der Waals surface area contributed by atoms with Gasteiger partial charge in [-0.15, -0.1) is 0 Å². The molecule has 0 aromatic heterocycles. The van der Waals surface area contributed by atoms with E-state index in [2.05, 4.69) is 0 Å². The minimum atomic E-state index is -1.65. The van der Waals surface area contributed by atoms with Gasteiger partial charge in [0.05, 0.1) is 0 Å². The van der Waals surface area contributed by atoms with Gasteiger partial charge >= 0.3 is 12.1 Å². The molecule has 0 aromatic rings. The maximum Gasteiger partial charge on any atom is 0.415 e. The minimum absolute atomic E-state index is 0.0336. The molecule has 0 spiro atoms. The van der Waals surface area contributed by atoms with E-state index in [0.717, 1.165) is 0 Å². The Morgan fingerprint density at radius 3 is 2.17 bits per heavy atom. The largest absolute Gasteiger partial charge is 0.479 e. The molecule has 1 rings (SSSR count). The highest BCUT2D eigenvalue weighted by atomic mass is 16.4. The Morgan fingerprint density at radius 2 is 1.83 bits per heavy atom. The van der Waals surface area contributed by atoms with Gasteiger partial charge in [-0.1, -0.05) is 27.7 Å². The number of rotatable bonds is 2. The molecule has 0 unspecified atom stereocenters. The predicted octanol–water partition coefficient (Wildman–Crippen LogP) is 1.79. The summed E-state index contributed by atoms with van der Waals surface area (Å²) in [5.41, 5.74) is -2.07. The summed E-state index contributed by atoms with van der Waals surface area (Å²) in [5.74, 6) is -2.37. The molecule has 1 aliphatic heterocycles. The smallest absolute Gasteiger partial charge is 0.415 e. The predicted molar refractivity (Wildman–Crippen MR) is 63.1 cm³/mol. The Labute approximate surface area is 106 Å². The maximum absolute atomic E-state index is 11.6. The van der Waals surface area contributed by atoms with Crippen LogP contribution < -0.4 is 0 Å². The third-order valence-corrected chi connectivity index (χ3v) is 3.95. The van der Waals surface area contributed by atoms with Crippen LogP contribution in [0.2, 0.25) is 0 Å². The van der Waals surface area contributed by atoms with E-state index in [1.54, 1.807) is 6.92 Å². The number of imide groups is 1. The number of aliphatic carboxylic acids is 1. The summed E-state index contributed by atoms with van der Waals surface area (Å²) in [7, 11) is 0. The van der Waals surface area contributed by atoms with Crippen LogP contribution in [-0.2, 0) is 9.59 Å². The SMILES string of the molecule is C[C@@H](C(C)(C)C)[C@]1(C(=O)O)CCC(=O)N1C(=O)O. The standard InChI is InChI=1S/C12H19NO5/c1-7(11(2,3)4)12(9(15)16)6-5-8(14)13(12)10(17)18/h7H,5-6H2,1-4H3,(H,15,16)(H,17,18)/t7-,12-/m0/s1. The van der Waals surface area contributed by atoms with Crippen LogP contribution in [-0.4, -0.2) is 38.6 Å². The lowest BCUT2D eigenvalue weighted by Gasteiger charge is -2.42. The minimum Gasteiger partial charge on any atom is -0.479 e. The van der Waals surface area contributed by atoms with Gasteiger partial charge in [0.2, 0.25) is 5.91 Å². The molecule has 6 heteroatoms. The van der Waals surface area contributed by atoms with Crippen LogP contribution in [0.1, 0.15) is 40.5 Å². The summed E-state index contributed by atoms with van der Waals surface area (Å²) in [6, 6.07) is 0. The van der Waals surface area contributed by atoms with Gasteiger partial charge in [-0.2, -0.15) is 0 Å². The molecule has 2 N–H and O–H groups in total. The lowest BCUT2D eigenvalue weighted by molar-refractivity contribution is -0.158. The van der Waals surface area contributed by atoms with Crippen LogP contribution in [0.3, 0.4) is 0 Å². The first-order valence-corrected chi connectivity index (χ1v) is 5.84. The highest BCUT2D eigenvalue weighted by molar-refractivity contribution is 6.01. The third-order valence-electron chi connectivity index (χ3n) is 3.95. The van der Waals surface area contributed by atoms with Crippen LogP contribution in [0.4, 0.5) is 4.79 Å². The lowest BCUT2D eigenvalue weighted by Crippen LogP contribution is -2.60. The Hall–Kier alpha value is -1.59. The molecule has 0 saturated carbocycles. The molecule has 2 amide bonds. The Kier molecular flexibility index (Phi) is 3.42. The van der Waals surface area contributed by atoms with Crippen molar-refractivity contribution in [1.29, 1.82) is 0 Å². The Morgan fingerprint density at radius 1 is 1.33 bits per heavy atom. The van der Waals surface area contributed by atoms with E-state index < -0.39 is 34.8 Å². The zero-order valence-corrected chi connectivity index (χ0v) is 11.1. The first-order valence-electron chi connectivity index (χ1n) is 5.84. The summed E-state index contributed by atoms with van der Waals surface area (Å²) >= 11 is 0. The molecule has 0 bridgehead atoms. The molecule has 102 valence electrons. The molecule has 1 aliphatic rings. The quantitative estimate of drug-likeness (QED) is 0.786. The van der Waals surface area contributed by atoms with Gasteiger partial charge in [-0.25, -0.2) is 14.5 Å². The molecular weight excluding hydrogens is 238 g/mol. The van der Waals surface area contributed by atoms with Gasteiger partial charge in [0.15, 0.2) is 5.54 Å². The molecule has 1 saturated heterocycles. The van der Waals surface area contributed by atoms with Crippen LogP contribution in [0.15, 0.2) is 0 Å². The monoisotopic (exact) mass is 257 g/mol. The van der Waals surface area contributed by atoms with Gasteiger partial charge in [0, 0.05) is 6.42 Å². The van der Waals surface area contributed by atoms with Crippen molar-refractivity contribution in [2.75, 3.05) is 0 Å². The van der Waals surface area contributed by atoms with E-state index >= 15 is 0 Å². The van der Waals surface area contributed by atoms with Crippen molar-refractivity contribution in [2.24, 2.45) is 11.3 Å². The summed E-state index contributed by atoms with van der Waals surface area (Å²) in [5, 5.41) is 18.6. The molecule has 2 atom stereocenters. The Balaban J connectivity index is 3.36. The summed E-state index contributed by atoms with van der Waals surface area (Å²) in [4.78, 5) is 35.0. The third kappa shape index (κ3) is 1.95. The number of likely N-dealkylation sites (tertiary alicyclic amines) is 1. The highest BCUT2D eigenvalue weighted by Gasteiger charge is 2.60. The number of carboxylic acid groups (broad SMARTS) is 2. The number of carbonyl (C=O) groups is 3. The van der Waals surface area contributed by atoms with Gasteiger partial charge in [-0.05, 0) is 17.8 Å². The summed E-state index contributed by atoms with van der Waals surface area (Å²) < 4.78 is 0. The van der Waals surface area contributed by atoms with E-state index in [1.165, 1.54) is 0 Å². The number of amides is 2. The molecule has 0 radical (unpaired) electrons. The van der Waals surface area contributed by atoms with Gasteiger partial charge in [0.1, 0.15) is 0 Å². The van der Waals surface area contributed by atoms with Gasteiger partial charge in [-0.3, -0.25) is 4.79 Å². The fraction of sp³-hybridized carbons (Fsp3) is 0.750. The van der Waals surface area contributed by atoms with Crippen molar-refractivity contribution in [2.45, 2.75) is 46.1 Å². The fourth-order valence-corrected chi connectivity index (χ4v) is 2.54. The molecule has 18 heavy (non-hydrogen) atoms. The van der Waals surface area contributed by atoms with E-state index in [1.807, 2.05) is 20.8 Å². The molecule has 6 nitrogen and oxygen atoms in total. The van der Waals surface area contributed by atoms with Crippen molar-refractivity contribution < 1.29 is 24.6 Å². The zero-order chi connectivity index (χ0) is 14.3. The van der Waals surface area contributed by atoms with Gasteiger partial charge < -0.3 is 10.2 Å². The summed E-state index contributed by atoms with van der Waals surface area (Å²) in [6.45, 7) is 7.20. The van der Waals surface area contributed by atoms with Crippen LogP contribution in [0.25, 0.3) is 0 Å². The topological polar surface area (TPSA) is 94.9 Å². The van der Waals surface area contributed by atoms with Crippen molar-refractivity contribution in [3.8, 4) is 0 Å². The summed E-state index contributed by atoms with van der Waals surface area (Å²) in [6.07, 6.45) is -1.50. The van der Waals surface area contributed by atoms with Crippen LogP contribution in [0.5, 0.6) is 0 Å². The van der Waals surface area contributed by atoms with Crippen molar-refractivity contribution in [1.82, 2.24) is 4.90 Å². The second-order valence-corrected chi connectivity index (χ2v) is 5.83. The number of carboxylic acids is 1. The van der Waals surface area contributed by atoms with Crippen molar-refractivity contribution in [3.63, 3.8) is 0 Å². The fourth-order valence-electron chi connectivity index (χ4n) is 2.54. The van der Waals surface area contributed by atoms with E-state index in [-0.39, 0.29) is 12.8 Å². The normalized spacial score (nSPS) is 26.2. The molecule has 0 aliphatic carbocycles. The highest BCUT2D eigenvalue weighted by Crippen LogP contribution is 2.44. The van der Waals surface area contributed by atoms with Crippen LogP contribution in [0, 0.1) is 11.3 Å². The van der Waals surface area contributed by atoms with Crippen molar-refractivity contribution >= 4 is 18.0 Å². The average molecular weight is 257 g/mol. The number of hydrogen-bond acceptors (Lipinski definition) is 3. The second kappa shape index (κ2) is 4.26. The first kappa shape index (κ1) is 14.5. The first-order chi connectivity index (χ1) is 8.05. The molecular formula is C12H19NO5. The van der Waals surface area contributed by atoms with E-state index in [0.29, 0.717) is 4.90 Å². The van der Waals surface area contributed by atoms with Crippen LogP contribution >= 0.6 is 0 Å².